The molecule has 0 unspecified atom stereocenters. The average molecular weight is 392 g/mol. The minimum absolute atomic E-state index is 0.0174. The summed E-state index contributed by atoms with van der Waals surface area (Å²) in [6.45, 7) is 2.87. The molecule has 0 spiro atoms. The molecule has 3 rings (SSSR count). The zero-order valence-electron chi connectivity index (χ0n) is 15.6. The third-order valence-corrected chi connectivity index (χ3v) is 4.81. The van der Waals surface area contributed by atoms with Gasteiger partial charge in [-0.1, -0.05) is 17.7 Å². The highest BCUT2D eigenvalue weighted by Crippen LogP contribution is 2.09. The number of guanidine groups is 1. The first-order valence-electron chi connectivity index (χ1n) is 9.39. The van der Waals surface area contributed by atoms with Crippen LogP contribution in [0.15, 0.2) is 28.1 Å². The third-order valence-electron chi connectivity index (χ3n) is 4.59. The van der Waals surface area contributed by atoms with Crippen molar-refractivity contribution in [3.8, 4) is 0 Å². The lowest BCUT2D eigenvalue weighted by Gasteiger charge is -2.11. The van der Waals surface area contributed by atoms with Gasteiger partial charge in [-0.25, -0.2) is 14.5 Å². The number of aromatic nitrogens is 4. The molecule has 0 atom stereocenters. The molecule has 9 heteroatoms. The van der Waals surface area contributed by atoms with Crippen LogP contribution in [-0.4, -0.2) is 45.4 Å². The van der Waals surface area contributed by atoms with E-state index in [-0.39, 0.29) is 5.69 Å². The molecule has 27 heavy (non-hydrogen) atoms. The van der Waals surface area contributed by atoms with Crippen LogP contribution in [0.25, 0.3) is 0 Å². The van der Waals surface area contributed by atoms with Gasteiger partial charge in [0.15, 0.2) is 5.96 Å². The molecule has 0 radical (unpaired) electrons. The maximum Gasteiger partial charge on any atom is 0.345 e. The average Bonchev–Trinajstić information content (AvgIpc) is 3.01. The predicted octanol–water partition coefficient (Wildman–Crippen LogP) is 1.23. The highest BCUT2D eigenvalue weighted by molar-refractivity contribution is 6.29. The number of aliphatic imine (C=N–C) groups is 1. The third kappa shape index (κ3) is 5.32. The Morgan fingerprint density at radius 2 is 2.15 bits per heavy atom. The lowest BCUT2D eigenvalue weighted by atomic mass is 10.2. The lowest BCUT2D eigenvalue weighted by Crippen LogP contribution is -2.39. The van der Waals surface area contributed by atoms with Crippen molar-refractivity contribution < 1.29 is 0 Å². The van der Waals surface area contributed by atoms with E-state index >= 15 is 0 Å². The van der Waals surface area contributed by atoms with Crippen molar-refractivity contribution in [2.75, 3.05) is 20.1 Å². The molecule has 0 saturated carbocycles. The summed E-state index contributed by atoms with van der Waals surface area (Å²) in [7, 11) is 1.74. The summed E-state index contributed by atoms with van der Waals surface area (Å²) in [5.74, 6) is 1.67. The van der Waals surface area contributed by atoms with E-state index < -0.39 is 0 Å². The number of aryl methyl sites for hydroxylation is 2. The van der Waals surface area contributed by atoms with E-state index in [1.54, 1.807) is 24.0 Å². The van der Waals surface area contributed by atoms with Crippen LogP contribution in [0.1, 0.15) is 30.7 Å². The molecule has 3 heterocycles. The molecule has 0 fully saturated rings. The van der Waals surface area contributed by atoms with E-state index in [2.05, 4.69) is 25.7 Å². The van der Waals surface area contributed by atoms with Crippen LogP contribution in [0.4, 0.5) is 0 Å². The molecule has 1 aliphatic heterocycles. The van der Waals surface area contributed by atoms with E-state index in [1.165, 1.54) is 0 Å². The summed E-state index contributed by atoms with van der Waals surface area (Å²) >= 11 is 5.79. The second-order valence-electron chi connectivity index (χ2n) is 6.55. The number of nitrogens with one attached hydrogen (secondary N) is 2. The van der Waals surface area contributed by atoms with Gasteiger partial charge in [-0.2, -0.15) is 5.10 Å². The molecule has 146 valence electrons. The summed E-state index contributed by atoms with van der Waals surface area (Å²) < 4.78 is 3.40. The van der Waals surface area contributed by atoms with E-state index in [1.807, 2.05) is 10.6 Å². The van der Waals surface area contributed by atoms with Gasteiger partial charge < -0.3 is 10.6 Å². The van der Waals surface area contributed by atoms with Gasteiger partial charge in [0.2, 0.25) is 0 Å². The first-order valence-corrected chi connectivity index (χ1v) is 9.76. The van der Waals surface area contributed by atoms with Crippen molar-refractivity contribution in [3.05, 3.63) is 45.4 Å². The number of hydrogen-bond acceptors (Lipinski definition) is 4. The van der Waals surface area contributed by atoms with Crippen LogP contribution in [0, 0.1) is 0 Å². The topological polar surface area (TPSA) is 89.1 Å². The van der Waals surface area contributed by atoms with E-state index in [0.29, 0.717) is 11.7 Å². The van der Waals surface area contributed by atoms with Crippen LogP contribution in [-0.2, 0) is 25.9 Å². The second kappa shape index (κ2) is 9.55. The Hall–Kier alpha value is -2.35. The molecule has 2 aromatic heterocycles. The van der Waals surface area contributed by atoms with Gasteiger partial charge in [0, 0.05) is 45.8 Å². The van der Waals surface area contributed by atoms with Gasteiger partial charge in [-0.05, 0) is 37.3 Å². The fourth-order valence-corrected chi connectivity index (χ4v) is 3.24. The Labute approximate surface area is 163 Å². The first-order chi connectivity index (χ1) is 13.2. The van der Waals surface area contributed by atoms with Gasteiger partial charge in [0.05, 0.1) is 0 Å². The lowest BCUT2D eigenvalue weighted by molar-refractivity contribution is 0.509. The minimum atomic E-state index is 0.0174. The minimum Gasteiger partial charge on any atom is -0.356 e. The van der Waals surface area contributed by atoms with Gasteiger partial charge >= 0.3 is 5.69 Å². The largest absolute Gasteiger partial charge is 0.356 e. The maximum atomic E-state index is 12.3. The number of pyridine rings is 1. The Kier molecular flexibility index (Phi) is 6.86. The SMILES string of the molecule is CN=C(NCCCn1nc2n(c1=O)CCCC2)NCCc1ccc(Cl)nc1. The summed E-state index contributed by atoms with van der Waals surface area (Å²) in [5.41, 5.74) is 1.13. The van der Waals surface area contributed by atoms with Crippen molar-refractivity contribution in [2.45, 2.75) is 45.2 Å². The molecule has 0 bridgehead atoms. The second-order valence-corrected chi connectivity index (χ2v) is 6.94. The molecular weight excluding hydrogens is 366 g/mol. The number of nitrogens with zero attached hydrogens (tertiary/aromatic N) is 5. The van der Waals surface area contributed by atoms with Gasteiger partial charge in [0.25, 0.3) is 0 Å². The Bertz CT molecular complexity index is 825. The zero-order valence-corrected chi connectivity index (χ0v) is 16.4. The first kappa shape index (κ1) is 19.4. The van der Waals surface area contributed by atoms with Crippen molar-refractivity contribution in [1.29, 1.82) is 0 Å². The molecule has 0 aromatic carbocycles. The van der Waals surface area contributed by atoms with Crippen LogP contribution >= 0.6 is 11.6 Å². The number of hydrogen-bond donors (Lipinski definition) is 2. The van der Waals surface area contributed by atoms with Crippen LogP contribution < -0.4 is 16.3 Å². The van der Waals surface area contributed by atoms with Crippen molar-refractivity contribution in [2.24, 2.45) is 4.99 Å². The monoisotopic (exact) mass is 391 g/mol. The molecule has 2 aromatic rings. The van der Waals surface area contributed by atoms with Gasteiger partial charge in [0.1, 0.15) is 11.0 Å². The molecule has 1 aliphatic rings. The highest BCUT2D eigenvalue weighted by Gasteiger charge is 2.16. The van der Waals surface area contributed by atoms with Gasteiger partial charge in [-0.3, -0.25) is 9.56 Å². The van der Waals surface area contributed by atoms with Crippen molar-refractivity contribution >= 4 is 17.6 Å². The molecule has 2 N–H and O–H groups in total. The smallest absolute Gasteiger partial charge is 0.345 e. The van der Waals surface area contributed by atoms with Crippen LogP contribution in [0.5, 0.6) is 0 Å². The van der Waals surface area contributed by atoms with Crippen molar-refractivity contribution in [3.63, 3.8) is 0 Å². The Morgan fingerprint density at radius 1 is 1.30 bits per heavy atom. The summed E-state index contributed by atoms with van der Waals surface area (Å²) in [5, 5.41) is 11.5. The Balaban J connectivity index is 1.38. The summed E-state index contributed by atoms with van der Waals surface area (Å²) in [6, 6.07) is 3.76. The quantitative estimate of drug-likeness (QED) is 0.320. The maximum absolute atomic E-state index is 12.3. The fraction of sp³-hybridized carbons (Fsp3) is 0.556. The van der Waals surface area contributed by atoms with Gasteiger partial charge in [-0.15, -0.1) is 0 Å². The summed E-state index contributed by atoms with van der Waals surface area (Å²) in [6.07, 6.45) is 6.50. The molecule has 0 aliphatic carbocycles. The molecule has 0 saturated heterocycles. The van der Waals surface area contributed by atoms with Crippen molar-refractivity contribution in [1.82, 2.24) is 30.0 Å². The predicted molar refractivity (Wildman–Crippen MR) is 106 cm³/mol. The highest BCUT2D eigenvalue weighted by atomic mass is 35.5. The standard InChI is InChI=1S/C18H26ClN7O/c1-20-17(22-10-8-14-6-7-15(19)23-13-14)21-9-4-12-26-18(27)25-11-3-2-5-16(25)24-26/h6-7,13H,2-5,8-12H2,1H3,(H2,20,21,22). The Morgan fingerprint density at radius 3 is 2.89 bits per heavy atom. The molecule has 8 nitrogen and oxygen atoms in total. The number of fused-ring (bicyclic) bond motifs is 1. The van der Waals surface area contributed by atoms with E-state index in [9.17, 15) is 4.79 Å². The number of rotatable bonds is 7. The zero-order chi connectivity index (χ0) is 19.1. The van der Waals surface area contributed by atoms with E-state index in [0.717, 1.165) is 69.1 Å². The fourth-order valence-electron chi connectivity index (χ4n) is 3.13. The molecular formula is C18H26ClN7O. The van der Waals surface area contributed by atoms with Crippen LogP contribution in [0.3, 0.4) is 0 Å². The van der Waals surface area contributed by atoms with Crippen LogP contribution in [0.2, 0.25) is 5.15 Å². The molecule has 0 amide bonds. The normalized spacial score (nSPS) is 14.1. The number of halogens is 1. The summed E-state index contributed by atoms with van der Waals surface area (Å²) in [4.78, 5) is 20.6. The van der Waals surface area contributed by atoms with E-state index in [4.69, 9.17) is 11.6 Å².